The molecule has 0 aromatic carbocycles. The summed E-state index contributed by atoms with van der Waals surface area (Å²) in [4.78, 5) is 80.9. The zero-order valence-electron chi connectivity index (χ0n) is 27.0. The molecule has 15 heteroatoms. The minimum atomic E-state index is -1.55. The van der Waals surface area contributed by atoms with Gasteiger partial charge in [0.1, 0.15) is 24.2 Å². The second-order valence-electron chi connectivity index (χ2n) is 11.8. The number of carbonyl (C=O) groups is 6. The van der Waals surface area contributed by atoms with Gasteiger partial charge in [-0.15, -0.1) is 0 Å². The van der Waals surface area contributed by atoms with Gasteiger partial charge >= 0.3 is 29.8 Å². The Morgan fingerprint density at radius 1 is 1.04 bits per heavy atom. The molecule has 1 amide bonds. The van der Waals surface area contributed by atoms with Crippen molar-refractivity contribution in [3.05, 3.63) is 18.0 Å². The minimum Gasteiger partial charge on any atom is -0.493 e. The maximum Gasteiger partial charge on any atom is 0.332 e. The summed E-state index contributed by atoms with van der Waals surface area (Å²) in [5.74, 6) is -7.51. The summed E-state index contributed by atoms with van der Waals surface area (Å²) >= 11 is 0. The Labute approximate surface area is 261 Å². The molecule has 1 aliphatic rings. The lowest BCUT2D eigenvalue weighted by Gasteiger charge is -2.30. The van der Waals surface area contributed by atoms with Gasteiger partial charge in [0.25, 0.3) is 5.91 Å². The Hall–Kier alpha value is -4.43. The monoisotopic (exact) mass is 638 g/mol. The van der Waals surface area contributed by atoms with E-state index in [0.29, 0.717) is 0 Å². The van der Waals surface area contributed by atoms with E-state index in [1.165, 1.54) is 26.3 Å². The summed E-state index contributed by atoms with van der Waals surface area (Å²) < 4.78 is 37.5. The zero-order chi connectivity index (χ0) is 34.1. The van der Waals surface area contributed by atoms with Crippen LogP contribution in [0.5, 0.6) is 11.5 Å². The normalized spacial score (nSPS) is 20.5. The maximum absolute atomic E-state index is 13.3. The summed E-state index contributed by atoms with van der Waals surface area (Å²) in [5.41, 5.74) is -1.21. The fourth-order valence-electron chi connectivity index (χ4n) is 3.88. The molecule has 0 spiro atoms. The van der Waals surface area contributed by atoms with Crippen molar-refractivity contribution in [3.63, 3.8) is 0 Å². The van der Waals surface area contributed by atoms with Crippen LogP contribution in [0.3, 0.4) is 0 Å². The average Bonchev–Trinajstić information content (AvgIpc) is 2.97. The van der Waals surface area contributed by atoms with E-state index in [2.05, 4.69) is 10.3 Å². The lowest BCUT2D eigenvalue weighted by atomic mass is 9.94. The predicted octanol–water partition coefficient (Wildman–Crippen LogP) is 2.13. The molecule has 0 saturated carbocycles. The molecule has 250 valence electrons. The summed E-state index contributed by atoms with van der Waals surface area (Å²) in [7, 11) is 1.32. The van der Waals surface area contributed by atoms with Gasteiger partial charge in [0, 0.05) is 12.3 Å². The topological polar surface area (TPSA) is 192 Å². The van der Waals surface area contributed by atoms with Crippen molar-refractivity contribution in [2.45, 2.75) is 85.7 Å². The number of hydrogen-bond acceptors (Lipinski definition) is 14. The SMILES string of the molecule is COc1ccnc(C(=O)NC2COC(=O)C(CC(=O)OC(C)(C)C)C(OC(=O)C(C)C)C(C)OC2=O)c1OCOC(=O)C(C)C. The Balaban J connectivity index is 2.35. The highest BCUT2D eigenvalue weighted by molar-refractivity contribution is 5.98. The molecule has 0 bridgehead atoms. The first-order valence-electron chi connectivity index (χ1n) is 14.4. The highest BCUT2D eigenvalue weighted by atomic mass is 16.7. The van der Waals surface area contributed by atoms with Crippen LogP contribution in [-0.2, 0) is 47.7 Å². The van der Waals surface area contributed by atoms with Gasteiger partial charge in [-0.2, -0.15) is 0 Å². The van der Waals surface area contributed by atoms with Gasteiger partial charge in [-0.25, -0.2) is 9.78 Å². The largest absolute Gasteiger partial charge is 0.493 e. The Morgan fingerprint density at radius 2 is 1.69 bits per heavy atom. The van der Waals surface area contributed by atoms with Crippen LogP contribution in [0.2, 0.25) is 0 Å². The number of amides is 1. The van der Waals surface area contributed by atoms with Gasteiger partial charge in [-0.05, 0) is 27.7 Å². The number of nitrogens with one attached hydrogen (secondary N) is 1. The molecule has 1 fully saturated rings. The molecule has 4 atom stereocenters. The predicted molar refractivity (Wildman–Crippen MR) is 154 cm³/mol. The Morgan fingerprint density at radius 3 is 2.27 bits per heavy atom. The van der Waals surface area contributed by atoms with Crippen LogP contribution < -0.4 is 14.8 Å². The number of nitrogens with zero attached hydrogens (tertiary/aromatic N) is 1. The number of aromatic nitrogens is 1. The Bertz CT molecular complexity index is 1250. The van der Waals surface area contributed by atoms with Gasteiger partial charge < -0.3 is 38.5 Å². The molecule has 4 unspecified atom stereocenters. The molecule has 15 nitrogen and oxygen atoms in total. The number of cyclic esters (lactones) is 2. The maximum atomic E-state index is 13.3. The van der Waals surface area contributed by atoms with E-state index in [1.807, 2.05) is 0 Å². The van der Waals surface area contributed by atoms with Gasteiger partial charge in [-0.3, -0.25) is 24.0 Å². The second kappa shape index (κ2) is 16.0. The molecule has 1 aliphatic heterocycles. The summed E-state index contributed by atoms with van der Waals surface area (Å²) in [6.07, 6.45) is -1.95. The van der Waals surface area contributed by atoms with Gasteiger partial charge in [0.15, 0.2) is 29.3 Å². The minimum absolute atomic E-state index is 0.0765. The number of rotatable bonds is 11. The first kappa shape index (κ1) is 36.8. The first-order valence-corrected chi connectivity index (χ1v) is 14.4. The molecular formula is C30H42N2O13. The summed E-state index contributed by atoms with van der Waals surface area (Å²) in [5, 5.41) is 2.40. The molecule has 1 N–H and O–H groups in total. The smallest absolute Gasteiger partial charge is 0.332 e. The number of carbonyl (C=O) groups excluding carboxylic acids is 6. The van der Waals surface area contributed by atoms with Crippen molar-refractivity contribution < 1.29 is 61.9 Å². The molecule has 0 radical (unpaired) electrons. The van der Waals surface area contributed by atoms with Gasteiger partial charge in [0.2, 0.25) is 6.79 Å². The molecule has 1 aromatic rings. The van der Waals surface area contributed by atoms with E-state index in [-0.39, 0.29) is 17.2 Å². The van der Waals surface area contributed by atoms with Crippen LogP contribution in [0.15, 0.2) is 12.3 Å². The van der Waals surface area contributed by atoms with E-state index in [0.717, 1.165) is 0 Å². The summed E-state index contributed by atoms with van der Waals surface area (Å²) in [6.45, 7) is 11.5. The molecule has 2 rings (SSSR count). The van der Waals surface area contributed by atoms with Gasteiger partial charge in [0.05, 0.1) is 25.4 Å². The highest BCUT2D eigenvalue weighted by Crippen LogP contribution is 2.30. The molecule has 0 aliphatic carbocycles. The number of ether oxygens (including phenoxy) is 7. The van der Waals surface area contributed by atoms with E-state index >= 15 is 0 Å². The standard InChI is InChI=1S/C30H42N2O13/c1-15(2)26(35)42-14-41-24-20(39-9)10-11-31-22(24)25(34)32-19-13-40-28(37)18(12-21(33)45-30(6,7)8)23(17(5)43-29(19)38)44-27(36)16(3)4/h10-11,15-19,23H,12-14H2,1-9H3,(H,32,34). The first-order chi connectivity index (χ1) is 20.9. The number of methoxy groups -OCH3 is 1. The van der Waals surface area contributed by atoms with Crippen LogP contribution in [0.1, 0.15) is 72.3 Å². The van der Waals surface area contributed by atoms with E-state index in [9.17, 15) is 28.8 Å². The third-order valence-electron chi connectivity index (χ3n) is 6.16. The average molecular weight is 639 g/mol. The zero-order valence-corrected chi connectivity index (χ0v) is 27.0. The van der Waals surface area contributed by atoms with Crippen molar-refractivity contribution in [1.29, 1.82) is 0 Å². The molecule has 2 heterocycles. The second-order valence-corrected chi connectivity index (χ2v) is 11.8. The van der Waals surface area contributed by atoms with Crippen molar-refractivity contribution in [1.82, 2.24) is 10.3 Å². The van der Waals surface area contributed by atoms with Crippen molar-refractivity contribution >= 4 is 35.8 Å². The number of esters is 5. The lowest BCUT2D eigenvalue weighted by Crippen LogP contribution is -2.47. The quantitative estimate of drug-likeness (QED) is 0.210. The fourth-order valence-corrected chi connectivity index (χ4v) is 3.88. The van der Waals surface area contributed by atoms with Crippen LogP contribution in [0.25, 0.3) is 0 Å². The third-order valence-corrected chi connectivity index (χ3v) is 6.16. The number of hydrogen-bond donors (Lipinski definition) is 1. The van der Waals surface area contributed by atoms with Crippen LogP contribution in [-0.4, -0.2) is 85.1 Å². The number of pyridine rings is 1. The molecule has 1 saturated heterocycles. The van der Waals surface area contributed by atoms with Crippen LogP contribution in [0.4, 0.5) is 0 Å². The van der Waals surface area contributed by atoms with Crippen molar-refractivity contribution in [3.8, 4) is 11.5 Å². The fraction of sp³-hybridized carbons (Fsp3) is 0.633. The summed E-state index contributed by atoms with van der Waals surface area (Å²) in [6, 6.07) is -0.150. The van der Waals surface area contributed by atoms with E-state index < -0.39 is 97.2 Å². The Kier molecular flexibility index (Phi) is 13.1. The van der Waals surface area contributed by atoms with Crippen LogP contribution in [0, 0.1) is 17.8 Å². The lowest BCUT2D eigenvalue weighted by molar-refractivity contribution is -0.180. The van der Waals surface area contributed by atoms with Gasteiger partial charge in [-0.1, -0.05) is 27.7 Å². The molecule has 45 heavy (non-hydrogen) atoms. The molecule has 1 aromatic heterocycles. The van der Waals surface area contributed by atoms with Crippen LogP contribution >= 0.6 is 0 Å². The third kappa shape index (κ3) is 10.9. The highest BCUT2D eigenvalue weighted by Gasteiger charge is 2.44. The van der Waals surface area contributed by atoms with E-state index in [1.54, 1.807) is 48.5 Å². The van der Waals surface area contributed by atoms with Crippen molar-refractivity contribution in [2.24, 2.45) is 17.8 Å². The van der Waals surface area contributed by atoms with E-state index in [4.69, 9.17) is 33.2 Å². The van der Waals surface area contributed by atoms with Crippen molar-refractivity contribution in [2.75, 3.05) is 20.5 Å². The molecular weight excluding hydrogens is 596 g/mol.